The molecule has 0 N–H and O–H groups in total. The van der Waals surface area contributed by atoms with E-state index >= 15 is 0 Å². The van der Waals surface area contributed by atoms with Gasteiger partial charge in [0.1, 0.15) is 12.6 Å². The van der Waals surface area contributed by atoms with Gasteiger partial charge in [0, 0.05) is 19.3 Å². The van der Waals surface area contributed by atoms with E-state index in [1.54, 1.807) is 0 Å². The third-order valence-electron chi connectivity index (χ3n) is 12.5. The summed E-state index contributed by atoms with van der Waals surface area (Å²) in [7, 11) is 5.43. The Morgan fingerprint density at radius 3 is 1.28 bits per heavy atom. The van der Waals surface area contributed by atoms with E-state index in [4.69, 9.17) is 14.2 Å². The molecule has 0 aliphatic carbocycles. The van der Waals surface area contributed by atoms with Gasteiger partial charge in [-0.1, -0.05) is 230 Å². The second kappa shape index (κ2) is 48.0. The number of hydrogen-bond donors (Lipinski definition) is 0. The Hall–Kier alpha value is -2.45. The lowest BCUT2D eigenvalue weighted by atomic mass is 10.0. The van der Waals surface area contributed by atoms with Crippen LogP contribution in [0.1, 0.15) is 258 Å². The fourth-order valence-corrected chi connectivity index (χ4v) is 8.32. The van der Waals surface area contributed by atoms with E-state index in [1.807, 2.05) is 21.1 Å². The van der Waals surface area contributed by atoms with Crippen molar-refractivity contribution in [3.05, 3.63) is 36.5 Å². The van der Waals surface area contributed by atoms with E-state index in [0.717, 1.165) is 57.8 Å². The molecular formula is C57H105NO7. The molecular weight excluding hydrogens is 811 g/mol. The number of rotatable bonds is 50. The van der Waals surface area contributed by atoms with Crippen LogP contribution in [0.25, 0.3) is 0 Å². The number of hydrogen-bond acceptors (Lipinski definition) is 7. The number of quaternary nitrogens is 1. The van der Waals surface area contributed by atoms with Crippen LogP contribution < -0.4 is 5.11 Å². The number of aliphatic carboxylic acids is 1. The molecule has 0 fully saturated rings. The van der Waals surface area contributed by atoms with Gasteiger partial charge in [-0.25, -0.2) is 0 Å². The van der Waals surface area contributed by atoms with Crippen LogP contribution in [0, 0.1) is 0 Å². The zero-order valence-corrected chi connectivity index (χ0v) is 43.4. The van der Waals surface area contributed by atoms with E-state index in [0.29, 0.717) is 12.8 Å². The molecule has 2 atom stereocenters. The number of esters is 2. The van der Waals surface area contributed by atoms with Crippen molar-refractivity contribution in [2.75, 3.05) is 41.0 Å². The van der Waals surface area contributed by atoms with Crippen molar-refractivity contribution in [2.24, 2.45) is 0 Å². The third kappa shape index (κ3) is 46.4. The standard InChI is InChI=1S/C57H105NO7/c1-6-8-10-12-14-16-18-20-22-24-26-28-30-31-33-35-37-39-41-43-45-47-55(59)64-52-53(51-63-50-49-54(57(61)62)58(3,4)5)65-56(60)48-46-44-42-40-38-36-34-32-29-27-25-23-21-19-17-15-13-11-9-7-2/h9,11,15,17,21,23,53-54H,6-8,10,12-14,16,18-20,22,24-52H2,1-5H3/b11-9+,17-15+,23-21+. The molecule has 0 aromatic rings. The summed E-state index contributed by atoms with van der Waals surface area (Å²) in [5, 5.41) is 11.7. The number of carboxylic acid groups (broad SMARTS) is 1. The summed E-state index contributed by atoms with van der Waals surface area (Å²) in [6, 6.07) is -0.726. The maximum absolute atomic E-state index is 12.8. The van der Waals surface area contributed by atoms with Crippen molar-refractivity contribution >= 4 is 17.9 Å². The highest BCUT2D eigenvalue weighted by Gasteiger charge is 2.25. The van der Waals surface area contributed by atoms with E-state index in [9.17, 15) is 19.5 Å². The highest BCUT2D eigenvalue weighted by Crippen LogP contribution is 2.17. The number of nitrogens with zero attached hydrogens (tertiary/aromatic N) is 1. The van der Waals surface area contributed by atoms with Crippen LogP contribution in [0.4, 0.5) is 0 Å². The van der Waals surface area contributed by atoms with E-state index in [2.05, 4.69) is 50.3 Å². The van der Waals surface area contributed by atoms with Crippen LogP contribution >= 0.6 is 0 Å². The van der Waals surface area contributed by atoms with Gasteiger partial charge < -0.3 is 28.6 Å². The van der Waals surface area contributed by atoms with Crippen molar-refractivity contribution in [1.29, 1.82) is 0 Å². The Morgan fingerprint density at radius 1 is 0.477 bits per heavy atom. The first kappa shape index (κ1) is 62.5. The van der Waals surface area contributed by atoms with Crippen molar-refractivity contribution in [3.8, 4) is 0 Å². The first-order valence-corrected chi connectivity index (χ1v) is 27.5. The Morgan fingerprint density at radius 2 is 0.862 bits per heavy atom. The molecule has 0 spiro atoms. The minimum Gasteiger partial charge on any atom is -0.544 e. The lowest BCUT2D eigenvalue weighted by molar-refractivity contribution is -0.889. The predicted octanol–water partition coefficient (Wildman–Crippen LogP) is 14.8. The second-order valence-electron chi connectivity index (χ2n) is 19.8. The smallest absolute Gasteiger partial charge is 0.306 e. The quantitative estimate of drug-likeness (QED) is 0.0259. The molecule has 0 aliphatic rings. The average Bonchev–Trinajstić information content (AvgIpc) is 3.27. The summed E-state index contributed by atoms with van der Waals surface area (Å²) in [6.07, 6.45) is 57.5. The largest absolute Gasteiger partial charge is 0.544 e. The normalized spacial score (nSPS) is 13.1. The molecule has 380 valence electrons. The van der Waals surface area contributed by atoms with Crippen LogP contribution in [0.15, 0.2) is 36.5 Å². The molecule has 0 rings (SSSR count). The monoisotopic (exact) mass is 916 g/mol. The number of carbonyl (C=O) groups excluding carboxylic acids is 3. The molecule has 2 unspecified atom stereocenters. The maximum atomic E-state index is 12.8. The van der Waals surface area contributed by atoms with Crippen LogP contribution in [-0.2, 0) is 28.6 Å². The van der Waals surface area contributed by atoms with Crippen LogP contribution in [0.3, 0.4) is 0 Å². The minimum absolute atomic E-state index is 0.0427. The topological polar surface area (TPSA) is 102 Å². The van der Waals surface area contributed by atoms with Gasteiger partial charge in [-0.15, -0.1) is 0 Å². The van der Waals surface area contributed by atoms with Gasteiger partial charge in [0.05, 0.1) is 40.3 Å². The van der Waals surface area contributed by atoms with Crippen molar-refractivity contribution in [2.45, 2.75) is 270 Å². The van der Waals surface area contributed by atoms with Gasteiger partial charge >= 0.3 is 11.9 Å². The van der Waals surface area contributed by atoms with Crippen LogP contribution in [0.2, 0.25) is 0 Å². The minimum atomic E-state index is -1.12. The van der Waals surface area contributed by atoms with Gasteiger partial charge in [-0.05, 0) is 44.9 Å². The number of likely N-dealkylation sites (N-methyl/N-ethyl adjacent to an activating group) is 1. The fraction of sp³-hybridized carbons (Fsp3) is 0.842. The Balaban J connectivity index is 4.17. The number of allylic oxidation sites excluding steroid dienone is 6. The third-order valence-corrected chi connectivity index (χ3v) is 12.5. The van der Waals surface area contributed by atoms with Crippen molar-refractivity contribution < 1.29 is 38.2 Å². The molecule has 0 aromatic heterocycles. The van der Waals surface area contributed by atoms with Gasteiger partial charge in [0.15, 0.2) is 6.10 Å². The summed E-state index contributed by atoms with van der Waals surface area (Å²) < 4.78 is 17.3. The molecule has 0 bridgehead atoms. The fourth-order valence-electron chi connectivity index (χ4n) is 8.32. The molecule has 0 amide bonds. The summed E-state index contributed by atoms with van der Waals surface area (Å²) >= 11 is 0. The lowest BCUT2D eigenvalue weighted by Crippen LogP contribution is -2.55. The molecule has 8 heteroatoms. The number of ether oxygens (including phenoxy) is 3. The lowest BCUT2D eigenvalue weighted by Gasteiger charge is -2.34. The molecule has 0 saturated carbocycles. The SMILES string of the molecule is CC/C=C/C/C=C/C/C=C/CCCCCCCCCCCCC(=O)OC(COCCC(C(=O)[O-])[N+](C)(C)C)COC(=O)CCCCCCCCCCCCCCCCCCCCCCC. The maximum Gasteiger partial charge on any atom is 0.306 e. The van der Waals surface area contributed by atoms with Crippen molar-refractivity contribution in [1.82, 2.24) is 0 Å². The number of carbonyl (C=O) groups is 3. The van der Waals surface area contributed by atoms with E-state index < -0.39 is 18.1 Å². The molecule has 0 aliphatic heterocycles. The molecule has 0 heterocycles. The number of unbranched alkanes of at least 4 members (excludes halogenated alkanes) is 30. The average molecular weight is 916 g/mol. The van der Waals surface area contributed by atoms with E-state index in [-0.39, 0.29) is 42.7 Å². The Labute approximate surface area is 402 Å². The molecule has 8 nitrogen and oxygen atoms in total. The Kier molecular flexibility index (Phi) is 46.2. The zero-order chi connectivity index (χ0) is 47.7. The molecule has 0 radical (unpaired) electrons. The van der Waals surface area contributed by atoms with E-state index in [1.165, 1.54) is 167 Å². The van der Waals surface area contributed by atoms with Gasteiger partial charge in [0.2, 0.25) is 0 Å². The highest BCUT2D eigenvalue weighted by atomic mass is 16.6. The molecule has 0 saturated heterocycles. The van der Waals surface area contributed by atoms with Gasteiger partial charge in [-0.3, -0.25) is 9.59 Å². The summed E-state index contributed by atoms with van der Waals surface area (Å²) in [5.74, 6) is -1.72. The highest BCUT2D eigenvalue weighted by molar-refractivity contribution is 5.70. The first-order chi connectivity index (χ1) is 31.6. The van der Waals surface area contributed by atoms with Crippen LogP contribution in [0.5, 0.6) is 0 Å². The van der Waals surface area contributed by atoms with Crippen LogP contribution in [-0.4, -0.2) is 75.5 Å². The molecule has 65 heavy (non-hydrogen) atoms. The zero-order valence-electron chi connectivity index (χ0n) is 43.4. The summed E-state index contributed by atoms with van der Waals surface area (Å²) in [5.41, 5.74) is 0. The number of carboxylic acids is 1. The predicted molar refractivity (Wildman–Crippen MR) is 273 cm³/mol. The Bertz CT molecular complexity index is 1160. The summed E-state index contributed by atoms with van der Waals surface area (Å²) in [6.45, 7) is 4.60. The second-order valence-corrected chi connectivity index (χ2v) is 19.8. The van der Waals surface area contributed by atoms with Gasteiger partial charge in [-0.2, -0.15) is 0 Å². The molecule has 0 aromatic carbocycles. The van der Waals surface area contributed by atoms with Gasteiger partial charge in [0.25, 0.3) is 0 Å². The van der Waals surface area contributed by atoms with Crippen molar-refractivity contribution in [3.63, 3.8) is 0 Å². The summed E-state index contributed by atoms with van der Waals surface area (Å²) in [4.78, 5) is 37.1. The first-order valence-electron chi connectivity index (χ1n) is 27.5.